The summed E-state index contributed by atoms with van der Waals surface area (Å²) in [7, 11) is 1.68. The van der Waals surface area contributed by atoms with Crippen molar-refractivity contribution in [2.75, 3.05) is 20.2 Å². The van der Waals surface area contributed by atoms with Crippen molar-refractivity contribution in [3.8, 4) is 0 Å². The van der Waals surface area contributed by atoms with Crippen LogP contribution >= 0.6 is 0 Å². The van der Waals surface area contributed by atoms with Gasteiger partial charge in [0.25, 0.3) is 0 Å². The molecule has 1 atom stereocenters. The van der Waals surface area contributed by atoms with Crippen LogP contribution in [0.5, 0.6) is 0 Å². The zero-order chi connectivity index (χ0) is 12.8. The van der Waals surface area contributed by atoms with Crippen molar-refractivity contribution < 1.29 is 9.26 Å². The molecule has 0 aliphatic carbocycles. The highest BCUT2D eigenvalue weighted by Crippen LogP contribution is 2.20. The molecule has 0 bridgehead atoms. The quantitative estimate of drug-likeness (QED) is 0.841. The van der Waals surface area contributed by atoms with E-state index in [1.807, 2.05) is 0 Å². The van der Waals surface area contributed by atoms with E-state index in [0.29, 0.717) is 5.82 Å². The lowest BCUT2D eigenvalue weighted by molar-refractivity contribution is 0.0903. The van der Waals surface area contributed by atoms with Gasteiger partial charge >= 0.3 is 0 Å². The van der Waals surface area contributed by atoms with Gasteiger partial charge in [-0.2, -0.15) is 4.98 Å². The first-order chi connectivity index (χ1) is 8.83. The summed E-state index contributed by atoms with van der Waals surface area (Å²) in [4.78, 5) is 4.42. The van der Waals surface area contributed by atoms with Crippen LogP contribution in [0.1, 0.15) is 50.4 Å². The highest BCUT2D eigenvalue weighted by molar-refractivity contribution is 4.91. The Morgan fingerprint density at radius 1 is 1.44 bits per heavy atom. The summed E-state index contributed by atoms with van der Waals surface area (Å²) in [5.41, 5.74) is 0. The Kier molecular flexibility index (Phi) is 5.13. The zero-order valence-electron chi connectivity index (χ0n) is 11.3. The minimum absolute atomic E-state index is 0.0404. The highest BCUT2D eigenvalue weighted by Gasteiger charge is 2.18. The number of nitrogens with one attached hydrogen (secondary N) is 1. The van der Waals surface area contributed by atoms with Gasteiger partial charge in [-0.25, -0.2) is 0 Å². The SMILES string of the molecule is CCC(OC)c1noc(CCC2CCNCC2)n1. The van der Waals surface area contributed by atoms with E-state index in [1.54, 1.807) is 7.11 Å². The molecular weight excluding hydrogens is 230 g/mol. The molecule has 5 heteroatoms. The molecule has 1 aliphatic heterocycles. The maximum atomic E-state index is 5.30. The van der Waals surface area contributed by atoms with Crippen LogP contribution in [0.4, 0.5) is 0 Å². The van der Waals surface area contributed by atoms with E-state index < -0.39 is 0 Å². The lowest BCUT2D eigenvalue weighted by atomic mass is 9.93. The minimum atomic E-state index is -0.0404. The third kappa shape index (κ3) is 3.53. The van der Waals surface area contributed by atoms with Gasteiger partial charge in [-0.1, -0.05) is 12.1 Å². The van der Waals surface area contributed by atoms with Gasteiger partial charge in [0, 0.05) is 13.5 Å². The van der Waals surface area contributed by atoms with E-state index in [-0.39, 0.29) is 6.10 Å². The predicted molar refractivity (Wildman–Crippen MR) is 68.3 cm³/mol. The second-order valence-electron chi connectivity index (χ2n) is 4.91. The summed E-state index contributed by atoms with van der Waals surface area (Å²) < 4.78 is 10.6. The first-order valence-corrected chi connectivity index (χ1v) is 6.89. The summed E-state index contributed by atoms with van der Waals surface area (Å²) in [5.74, 6) is 2.23. The highest BCUT2D eigenvalue weighted by atomic mass is 16.5. The molecule has 1 saturated heterocycles. The van der Waals surface area contributed by atoms with Gasteiger partial charge in [-0.15, -0.1) is 0 Å². The van der Waals surface area contributed by atoms with E-state index in [9.17, 15) is 0 Å². The van der Waals surface area contributed by atoms with E-state index in [1.165, 1.54) is 12.8 Å². The normalized spacial score (nSPS) is 19.0. The Labute approximate surface area is 108 Å². The summed E-state index contributed by atoms with van der Waals surface area (Å²) in [6.45, 7) is 4.34. The smallest absolute Gasteiger partial charge is 0.226 e. The van der Waals surface area contributed by atoms with Gasteiger partial charge in [0.15, 0.2) is 0 Å². The fourth-order valence-corrected chi connectivity index (χ4v) is 2.45. The maximum Gasteiger partial charge on any atom is 0.226 e. The molecule has 102 valence electrons. The number of nitrogens with zero attached hydrogens (tertiary/aromatic N) is 2. The molecular formula is C13H23N3O2. The summed E-state index contributed by atoms with van der Waals surface area (Å²) >= 11 is 0. The number of hydrogen-bond acceptors (Lipinski definition) is 5. The van der Waals surface area contributed by atoms with Crippen molar-refractivity contribution in [2.45, 2.75) is 45.1 Å². The number of aryl methyl sites for hydroxylation is 1. The molecule has 2 rings (SSSR count). The third-order valence-corrected chi connectivity index (χ3v) is 3.65. The molecule has 1 aromatic rings. The van der Waals surface area contributed by atoms with Crippen LogP contribution in [0.25, 0.3) is 0 Å². The Bertz CT molecular complexity index is 344. The minimum Gasteiger partial charge on any atom is -0.373 e. The van der Waals surface area contributed by atoms with Crippen molar-refractivity contribution >= 4 is 0 Å². The van der Waals surface area contributed by atoms with Crippen molar-refractivity contribution in [1.82, 2.24) is 15.5 Å². The molecule has 5 nitrogen and oxygen atoms in total. The van der Waals surface area contributed by atoms with Crippen LogP contribution in [0.3, 0.4) is 0 Å². The van der Waals surface area contributed by atoms with E-state index >= 15 is 0 Å². The summed E-state index contributed by atoms with van der Waals surface area (Å²) in [6, 6.07) is 0. The Hall–Kier alpha value is -0.940. The van der Waals surface area contributed by atoms with E-state index in [0.717, 1.165) is 44.2 Å². The fraction of sp³-hybridized carbons (Fsp3) is 0.846. The fourth-order valence-electron chi connectivity index (χ4n) is 2.45. The Balaban J connectivity index is 1.82. The maximum absolute atomic E-state index is 5.30. The van der Waals surface area contributed by atoms with Gasteiger partial charge in [-0.3, -0.25) is 0 Å². The zero-order valence-corrected chi connectivity index (χ0v) is 11.3. The van der Waals surface area contributed by atoms with Gasteiger partial charge in [-0.05, 0) is 44.7 Å². The molecule has 0 radical (unpaired) electrons. The molecule has 1 fully saturated rings. The molecule has 0 amide bonds. The van der Waals surface area contributed by atoms with Gasteiger partial charge in [0.1, 0.15) is 6.10 Å². The van der Waals surface area contributed by atoms with Crippen LogP contribution in [0.15, 0.2) is 4.52 Å². The van der Waals surface area contributed by atoms with Crippen molar-refractivity contribution in [3.63, 3.8) is 0 Å². The Morgan fingerprint density at radius 3 is 2.89 bits per heavy atom. The number of rotatable bonds is 6. The van der Waals surface area contributed by atoms with Crippen molar-refractivity contribution in [2.24, 2.45) is 5.92 Å². The van der Waals surface area contributed by atoms with Crippen LogP contribution in [-0.4, -0.2) is 30.3 Å². The molecule has 2 heterocycles. The third-order valence-electron chi connectivity index (χ3n) is 3.65. The number of ether oxygens (including phenoxy) is 1. The van der Waals surface area contributed by atoms with Gasteiger partial charge in [0.2, 0.25) is 11.7 Å². The number of aromatic nitrogens is 2. The largest absolute Gasteiger partial charge is 0.373 e. The second kappa shape index (κ2) is 6.85. The molecule has 1 unspecified atom stereocenters. The Morgan fingerprint density at radius 2 is 2.22 bits per heavy atom. The molecule has 1 aliphatic rings. The lowest BCUT2D eigenvalue weighted by Crippen LogP contribution is -2.27. The first kappa shape index (κ1) is 13.5. The van der Waals surface area contributed by atoms with Crippen LogP contribution < -0.4 is 5.32 Å². The molecule has 1 N–H and O–H groups in total. The first-order valence-electron chi connectivity index (χ1n) is 6.89. The van der Waals surface area contributed by atoms with E-state index in [4.69, 9.17) is 9.26 Å². The summed E-state index contributed by atoms with van der Waals surface area (Å²) in [6.07, 6.45) is 5.38. The average Bonchev–Trinajstić information content (AvgIpc) is 2.88. The van der Waals surface area contributed by atoms with Gasteiger partial charge < -0.3 is 14.6 Å². The second-order valence-corrected chi connectivity index (χ2v) is 4.91. The molecule has 0 aromatic carbocycles. The van der Waals surface area contributed by atoms with Crippen LogP contribution in [0.2, 0.25) is 0 Å². The molecule has 0 spiro atoms. The predicted octanol–water partition coefficient (Wildman–Crippen LogP) is 2.10. The van der Waals surface area contributed by atoms with Crippen LogP contribution in [-0.2, 0) is 11.2 Å². The molecule has 18 heavy (non-hydrogen) atoms. The monoisotopic (exact) mass is 253 g/mol. The number of hydrogen-bond donors (Lipinski definition) is 1. The lowest BCUT2D eigenvalue weighted by Gasteiger charge is -2.21. The molecule has 1 aromatic heterocycles. The van der Waals surface area contributed by atoms with Crippen molar-refractivity contribution in [3.05, 3.63) is 11.7 Å². The topological polar surface area (TPSA) is 60.2 Å². The number of methoxy groups -OCH3 is 1. The number of piperidine rings is 1. The van der Waals surface area contributed by atoms with Crippen molar-refractivity contribution in [1.29, 1.82) is 0 Å². The summed E-state index contributed by atoms with van der Waals surface area (Å²) in [5, 5.41) is 7.38. The van der Waals surface area contributed by atoms with Gasteiger partial charge in [0.05, 0.1) is 0 Å². The molecule has 0 saturated carbocycles. The standard InChI is InChI=1S/C13H23N3O2/c1-3-11(17-2)13-15-12(18-16-13)5-4-10-6-8-14-9-7-10/h10-11,14H,3-9H2,1-2H3. The van der Waals surface area contributed by atoms with Crippen LogP contribution in [0, 0.1) is 5.92 Å². The van der Waals surface area contributed by atoms with E-state index in [2.05, 4.69) is 22.4 Å². The average molecular weight is 253 g/mol.